The molecule has 6 nitrogen and oxygen atoms in total. The normalized spacial score (nSPS) is 28.8. The van der Waals surface area contributed by atoms with Gasteiger partial charge in [-0.2, -0.15) is 0 Å². The second kappa shape index (κ2) is 7.39. The highest BCUT2D eigenvalue weighted by atomic mass is 79.9. The monoisotopic (exact) mass is 421 g/mol. The van der Waals surface area contributed by atoms with Crippen molar-refractivity contribution in [1.82, 2.24) is 15.5 Å². The summed E-state index contributed by atoms with van der Waals surface area (Å²) >= 11 is 3.38. The lowest BCUT2D eigenvalue weighted by Gasteiger charge is -2.27. The average molecular weight is 422 g/mol. The molecule has 1 aromatic rings. The molecule has 4 amide bonds. The van der Waals surface area contributed by atoms with Gasteiger partial charge in [-0.3, -0.25) is 14.5 Å². The molecule has 0 aromatic heterocycles. The number of hydrogen-bond acceptors (Lipinski definition) is 3. The van der Waals surface area contributed by atoms with E-state index in [1.165, 1.54) is 0 Å². The minimum absolute atomic E-state index is 0.135. The fraction of sp³-hybridized carbons (Fsp3) is 0.526. The van der Waals surface area contributed by atoms with Crippen LogP contribution < -0.4 is 10.6 Å². The molecule has 2 N–H and O–H groups in total. The quantitative estimate of drug-likeness (QED) is 0.733. The minimum atomic E-state index is -1.17. The summed E-state index contributed by atoms with van der Waals surface area (Å²) in [6.45, 7) is 3.63. The molecule has 140 valence electrons. The number of nitrogens with one attached hydrogen (secondary N) is 2. The van der Waals surface area contributed by atoms with Gasteiger partial charge in [0.1, 0.15) is 12.1 Å². The molecule has 0 spiro atoms. The molecule has 0 radical (unpaired) electrons. The average Bonchev–Trinajstić information content (AvgIpc) is 2.81. The number of carbonyl (C=O) groups excluding carboxylic acids is 3. The topological polar surface area (TPSA) is 78.5 Å². The third-order valence-corrected chi connectivity index (χ3v) is 5.85. The van der Waals surface area contributed by atoms with Gasteiger partial charge in [0.25, 0.3) is 5.91 Å². The summed E-state index contributed by atoms with van der Waals surface area (Å²) in [6.07, 6.45) is 4.08. The number of amides is 4. The SMILES string of the molecule is CC1CCC(NC(=O)CN2C(=O)N[C@@](C)(c3cccc(Br)c3)C2=O)CC1. The van der Waals surface area contributed by atoms with Crippen LogP contribution in [-0.2, 0) is 15.1 Å². The molecule has 26 heavy (non-hydrogen) atoms. The Morgan fingerprint density at radius 1 is 1.31 bits per heavy atom. The molecule has 0 bridgehead atoms. The van der Waals surface area contributed by atoms with Crippen LogP contribution in [0.2, 0.25) is 0 Å². The Bertz CT molecular complexity index is 730. The van der Waals surface area contributed by atoms with E-state index >= 15 is 0 Å². The number of carbonyl (C=O) groups is 3. The smallest absolute Gasteiger partial charge is 0.325 e. The maximum atomic E-state index is 12.9. The number of benzene rings is 1. The van der Waals surface area contributed by atoms with Crippen molar-refractivity contribution in [3.8, 4) is 0 Å². The molecule has 1 aromatic carbocycles. The van der Waals surface area contributed by atoms with E-state index in [2.05, 4.69) is 33.5 Å². The molecule has 2 aliphatic rings. The van der Waals surface area contributed by atoms with E-state index < -0.39 is 17.5 Å². The lowest BCUT2D eigenvalue weighted by Crippen LogP contribution is -2.46. The van der Waals surface area contributed by atoms with Crippen LogP contribution in [0, 0.1) is 5.92 Å². The number of nitrogens with zero attached hydrogens (tertiary/aromatic N) is 1. The van der Waals surface area contributed by atoms with E-state index in [4.69, 9.17) is 0 Å². The maximum absolute atomic E-state index is 12.9. The fourth-order valence-corrected chi connectivity index (χ4v) is 4.06. The summed E-state index contributed by atoms with van der Waals surface area (Å²) in [4.78, 5) is 38.5. The summed E-state index contributed by atoms with van der Waals surface area (Å²) in [5.41, 5.74) is -0.490. The Kier molecular flexibility index (Phi) is 5.37. The van der Waals surface area contributed by atoms with Crippen LogP contribution in [0.1, 0.15) is 45.1 Å². The molecule has 7 heteroatoms. The molecule has 0 unspecified atom stereocenters. The summed E-state index contributed by atoms with van der Waals surface area (Å²) in [7, 11) is 0. The van der Waals surface area contributed by atoms with Gasteiger partial charge in [0.05, 0.1) is 0 Å². The first kappa shape index (κ1) is 18.9. The highest BCUT2D eigenvalue weighted by Gasteiger charge is 2.49. The Morgan fingerprint density at radius 2 is 2.00 bits per heavy atom. The number of imide groups is 1. The first-order valence-corrected chi connectivity index (χ1v) is 9.78. The second-order valence-corrected chi connectivity index (χ2v) is 8.40. The summed E-state index contributed by atoms with van der Waals surface area (Å²) in [5, 5.41) is 5.69. The zero-order valence-electron chi connectivity index (χ0n) is 15.0. The zero-order valence-corrected chi connectivity index (χ0v) is 16.6. The van der Waals surface area contributed by atoms with Crippen LogP contribution in [0.5, 0.6) is 0 Å². The van der Waals surface area contributed by atoms with Gasteiger partial charge in [-0.15, -0.1) is 0 Å². The van der Waals surface area contributed by atoms with Crippen LogP contribution in [0.25, 0.3) is 0 Å². The van der Waals surface area contributed by atoms with E-state index in [1.807, 2.05) is 12.1 Å². The van der Waals surface area contributed by atoms with E-state index in [1.54, 1.807) is 19.1 Å². The Balaban J connectivity index is 1.66. The zero-order chi connectivity index (χ0) is 18.9. The number of hydrogen-bond donors (Lipinski definition) is 2. The van der Waals surface area contributed by atoms with Crippen molar-refractivity contribution >= 4 is 33.8 Å². The molecular formula is C19H24BrN3O3. The van der Waals surface area contributed by atoms with Crippen molar-refractivity contribution < 1.29 is 14.4 Å². The van der Waals surface area contributed by atoms with Crippen molar-refractivity contribution in [2.75, 3.05) is 6.54 Å². The van der Waals surface area contributed by atoms with Gasteiger partial charge >= 0.3 is 6.03 Å². The molecule has 1 heterocycles. The molecule has 1 atom stereocenters. The largest absolute Gasteiger partial charge is 0.352 e. The molecule has 3 rings (SSSR count). The van der Waals surface area contributed by atoms with Crippen LogP contribution in [-0.4, -0.2) is 35.3 Å². The molecule has 2 fully saturated rings. The van der Waals surface area contributed by atoms with Gasteiger partial charge in [-0.05, 0) is 56.2 Å². The second-order valence-electron chi connectivity index (χ2n) is 7.48. The van der Waals surface area contributed by atoms with Gasteiger partial charge in [0, 0.05) is 10.5 Å². The third-order valence-electron chi connectivity index (χ3n) is 5.36. The molecular weight excluding hydrogens is 398 g/mol. The highest BCUT2D eigenvalue weighted by molar-refractivity contribution is 9.10. The van der Waals surface area contributed by atoms with E-state index in [0.29, 0.717) is 11.5 Å². The molecule has 1 aliphatic carbocycles. The van der Waals surface area contributed by atoms with E-state index in [0.717, 1.165) is 35.1 Å². The van der Waals surface area contributed by atoms with Crippen LogP contribution in [0.3, 0.4) is 0 Å². The lowest BCUT2D eigenvalue weighted by atomic mass is 9.87. The number of rotatable bonds is 4. The standard InChI is InChI=1S/C19H24BrN3O3/c1-12-6-8-15(9-7-12)21-16(24)11-23-17(25)19(2,22-18(23)26)13-4-3-5-14(20)10-13/h3-5,10,12,15H,6-9,11H2,1-2H3,(H,21,24)(H,22,26)/t12?,15?,19-/m0/s1. The van der Waals surface area contributed by atoms with Gasteiger partial charge in [0.2, 0.25) is 5.91 Å². The van der Waals surface area contributed by atoms with Crippen molar-refractivity contribution in [1.29, 1.82) is 0 Å². The molecule has 1 saturated carbocycles. The number of halogens is 1. The van der Waals surface area contributed by atoms with Gasteiger partial charge < -0.3 is 10.6 Å². The summed E-state index contributed by atoms with van der Waals surface area (Å²) < 4.78 is 0.820. The van der Waals surface area contributed by atoms with Crippen molar-refractivity contribution in [3.05, 3.63) is 34.3 Å². The maximum Gasteiger partial charge on any atom is 0.325 e. The Morgan fingerprint density at radius 3 is 2.65 bits per heavy atom. The first-order chi connectivity index (χ1) is 12.3. The minimum Gasteiger partial charge on any atom is -0.352 e. The van der Waals surface area contributed by atoms with Crippen LogP contribution >= 0.6 is 15.9 Å². The number of urea groups is 1. The van der Waals surface area contributed by atoms with Crippen LogP contribution in [0.4, 0.5) is 4.79 Å². The van der Waals surface area contributed by atoms with E-state index in [9.17, 15) is 14.4 Å². The Hall–Kier alpha value is -1.89. The van der Waals surface area contributed by atoms with Gasteiger partial charge in [-0.1, -0.05) is 35.0 Å². The van der Waals surface area contributed by atoms with Crippen molar-refractivity contribution in [2.45, 2.75) is 51.1 Å². The molecule has 1 saturated heterocycles. The summed E-state index contributed by atoms with van der Waals surface area (Å²) in [5.74, 6) is -0.000411. The van der Waals surface area contributed by atoms with Crippen LogP contribution in [0.15, 0.2) is 28.7 Å². The molecule has 1 aliphatic heterocycles. The first-order valence-electron chi connectivity index (χ1n) is 8.99. The lowest BCUT2D eigenvalue weighted by molar-refractivity contribution is -0.135. The predicted molar refractivity (Wildman–Crippen MR) is 101 cm³/mol. The predicted octanol–water partition coefficient (Wildman–Crippen LogP) is 2.91. The van der Waals surface area contributed by atoms with Gasteiger partial charge in [-0.25, -0.2) is 4.79 Å². The van der Waals surface area contributed by atoms with Crippen molar-refractivity contribution in [3.63, 3.8) is 0 Å². The van der Waals surface area contributed by atoms with E-state index in [-0.39, 0.29) is 18.5 Å². The third kappa shape index (κ3) is 3.77. The highest BCUT2D eigenvalue weighted by Crippen LogP contribution is 2.30. The summed E-state index contributed by atoms with van der Waals surface area (Å²) in [6, 6.07) is 6.84. The Labute approximate surface area is 161 Å². The van der Waals surface area contributed by atoms with Crippen molar-refractivity contribution in [2.24, 2.45) is 5.92 Å². The fourth-order valence-electron chi connectivity index (χ4n) is 3.66. The van der Waals surface area contributed by atoms with Gasteiger partial charge in [0.15, 0.2) is 0 Å².